The summed E-state index contributed by atoms with van der Waals surface area (Å²) in [7, 11) is 0. The van der Waals surface area contributed by atoms with Crippen LogP contribution in [0.4, 0.5) is 0 Å². The fraction of sp³-hybridized carbons (Fsp3) is 0.182. The molecule has 3 aromatic heterocycles. The van der Waals surface area contributed by atoms with E-state index in [-0.39, 0.29) is 5.63 Å². The molecule has 0 bridgehead atoms. The molecule has 3 rings (SSSR count). The Labute approximate surface area is 93.8 Å². The van der Waals surface area contributed by atoms with Crippen LogP contribution in [0.25, 0.3) is 20.4 Å². The highest BCUT2D eigenvalue weighted by Gasteiger charge is 2.11. The van der Waals surface area contributed by atoms with Gasteiger partial charge in [-0.2, -0.15) is 0 Å². The molecule has 0 saturated carbocycles. The lowest BCUT2D eigenvalue weighted by Crippen LogP contribution is -1.95. The number of rotatable bonds is 0. The summed E-state index contributed by atoms with van der Waals surface area (Å²) < 4.78 is 6.34. The van der Waals surface area contributed by atoms with Gasteiger partial charge in [0, 0.05) is 15.1 Å². The largest absolute Gasteiger partial charge is 0.411 e. The van der Waals surface area contributed by atoms with E-state index in [9.17, 15) is 4.79 Å². The second-order valence-electron chi connectivity index (χ2n) is 3.55. The van der Waals surface area contributed by atoms with Gasteiger partial charge in [0.25, 0.3) is 0 Å². The molecule has 0 aliphatic carbocycles. The molecule has 3 heterocycles. The predicted molar refractivity (Wildman–Crippen MR) is 65.2 cm³/mol. The number of hydrogen-bond acceptors (Lipinski definition) is 4. The minimum absolute atomic E-state index is 0.219. The first kappa shape index (κ1) is 9.12. The van der Waals surface area contributed by atoms with Gasteiger partial charge in [-0.25, -0.2) is 4.79 Å². The van der Waals surface area contributed by atoms with Crippen molar-refractivity contribution in [3.8, 4) is 0 Å². The van der Waals surface area contributed by atoms with Gasteiger partial charge in [0.2, 0.25) is 0 Å². The molecular weight excluding hydrogens is 228 g/mol. The smallest absolute Gasteiger partial charge is 0.345 e. The Bertz CT molecular complexity index is 715. The summed E-state index contributed by atoms with van der Waals surface area (Å²) in [6, 6.07) is 3.99. The number of hydrogen-bond donors (Lipinski definition) is 0. The molecule has 4 heteroatoms. The average Bonchev–Trinajstić information content (AvgIpc) is 2.68. The Morgan fingerprint density at radius 3 is 2.53 bits per heavy atom. The third kappa shape index (κ3) is 1.25. The maximum atomic E-state index is 11.7. The zero-order valence-corrected chi connectivity index (χ0v) is 9.92. The highest BCUT2D eigenvalue weighted by molar-refractivity contribution is 7.22. The molecule has 0 fully saturated rings. The molecule has 0 saturated heterocycles. The SMILES string of the molecule is Cc1cc2c(oc(=O)c3cc(C)sc32)s1. The van der Waals surface area contributed by atoms with E-state index >= 15 is 0 Å². The van der Waals surface area contributed by atoms with Crippen molar-refractivity contribution >= 4 is 43.0 Å². The molecule has 0 radical (unpaired) electrons. The van der Waals surface area contributed by atoms with Gasteiger partial charge in [0.1, 0.15) is 0 Å². The van der Waals surface area contributed by atoms with Gasteiger partial charge >= 0.3 is 5.63 Å². The second kappa shape index (κ2) is 2.93. The summed E-state index contributed by atoms with van der Waals surface area (Å²) in [5.41, 5.74) is -0.219. The van der Waals surface area contributed by atoms with E-state index in [1.54, 1.807) is 11.3 Å². The van der Waals surface area contributed by atoms with E-state index in [2.05, 4.69) is 6.07 Å². The van der Waals surface area contributed by atoms with Crippen LogP contribution < -0.4 is 5.63 Å². The van der Waals surface area contributed by atoms with Crippen molar-refractivity contribution in [1.82, 2.24) is 0 Å². The minimum Gasteiger partial charge on any atom is -0.411 e. The highest BCUT2D eigenvalue weighted by Crippen LogP contribution is 2.34. The van der Waals surface area contributed by atoms with Crippen molar-refractivity contribution < 1.29 is 4.42 Å². The molecule has 0 N–H and O–H groups in total. The fourth-order valence-corrected chi connectivity index (χ4v) is 3.67. The maximum Gasteiger partial charge on any atom is 0.345 e. The van der Waals surface area contributed by atoms with Crippen LogP contribution in [0, 0.1) is 13.8 Å². The summed E-state index contributed by atoms with van der Waals surface area (Å²) in [6.45, 7) is 4.03. The van der Waals surface area contributed by atoms with Gasteiger partial charge in [-0.3, -0.25) is 0 Å². The lowest BCUT2D eigenvalue weighted by atomic mass is 10.2. The molecule has 0 aliphatic rings. The molecule has 0 atom stereocenters. The first-order valence-corrected chi connectivity index (χ1v) is 6.22. The van der Waals surface area contributed by atoms with Crippen LogP contribution in [-0.2, 0) is 0 Å². The monoisotopic (exact) mass is 236 g/mol. The molecular formula is C11H8O2S2. The molecule has 0 spiro atoms. The second-order valence-corrected chi connectivity index (χ2v) is 6.02. The van der Waals surface area contributed by atoms with E-state index in [0.29, 0.717) is 5.39 Å². The molecule has 2 nitrogen and oxygen atoms in total. The molecule has 0 aliphatic heterocycles. The maximum absolute atomic E-state index is 11.7. The number of fused-ring (bicyclic) bond motifs is 3. The minimum atomic E-state index is -0.219. The molecule has 0 amide bonds. The van der Waals surface area contributed by atoms with Crippen LogP contribution in [0.15, 0.2) is 21.3 Å². The van der Waals surface area contributed by atoms with E-state index < -0.39 is 0 Å². The topological polar surface area (TPSA) is 30.2 Å². The van der Waals surface area contributed by atoms with Gasteiger partial charge in [0.05, 0.1) is 10.1 Å². The third-order valence-corrected chi connectivity index (χ3v) is 4.34. The lowest BCUT2D eigenvalue weighted by molar-refractivity contribution is 0.577. The van der Waals surface area contributed by atoms with Gasteiger partial charge in [-0.15, -0.1) is 22.7 Å². The van der Waals surface area contributed by atoms with Gasteiger partial charge in [0.15, 0.2) is 4.90 Å². The van der Waals surface area contributed by atoms with Crippen molar-refractivity contribution in [2.45, 2.75) is 13.8 Å². The lowest BCUT2D eigenvalue weighted by Gasteiger charge is -1.89. The first-order chi connectivity index (χ1) is 7.15. The van der Waals surface area contributed by atoms with Crippen LogP contribution in [0.5, 0.6) is 0 Å². The molecule has 3 aromatic rings. The Morgan fingerprint density at radius 1 is 1.07 bits per heavy atom. The van der Waals surface area contributed by atoms with Crippen LogP contribution in [-0.4, -0.2) is 0 Å². The van der Waals surface area contributed by atoms with Crippen LogP contribution in [0.2, 0.25) is 0 Å². The predicted octanol–water partition coefficient (Wildman–Crippen LogP) is 3.69. The Morgan fingerprint density at radius 2 is 1.73 bits per heavy atom. The molecule has 76 valence electrons. The summed E-state index contributed by atoms with van der Waals surface area (Å²) in [6.07, 6.45) is 0. The standard InChI is InChI=1S/C11H8O2S2/c1-5-3-7-9(14-5)8-4-6(2)15-11(8)13-10(7)12/h3-4H,1-2H3. The van der Waals surface area contributed by atoms with Crippen molar-refractivity contribution in [3.63, 3.8) is 0 Å². The van der Waals surface area contributed by atoms with E-state index in [0.717, 1.165) is 19.9 Å². The van der Waals surface area contributed by atoms with Crippen molar-refractivity contribution in [2.24, 2.45) is 0 Å². The zero-order chi connectivity index (χ0) is 10.6. The fourth-order valence-electron chi connectivity index (χ4n) is 1.73. The van der Waals surface area contributed by atoms with E-state index in [1.165, 1.54) is 16.2 Å². The van der Waals surface area contributed by atoms with Crippen LogP contribution in [0.3, 0.4) is 0 Å². The summed E-state index contributed by atoms with van der Waals surface area (Å²) in [4.78, 5) is 14.7. The van der Waals surface area contributed by atoms with Crippen LogP contribution in [0.1, 0.15) is 9.75 Å². The van der Waals surface area contributed by atoms with Crippen molar-refractivity contribution in [2.75, 3.05) is 0 Å². The first-order valence-electron chi connectivity index (χ1n) is 4.58. The molecule has 15 heavy (non-hydrogen) atoms. The summed E-state index contributed by atoms with van der Waals surface area (Å²) in [5, 5.41) is 1.79. The third-order valence-electron chi connectivity index (χ3n) is 2.33. The van der Waals surface area contributed by atoms with Gasteiger partial charge in [-0.1, -0.05) is 0 Å². The van der Waals surface area contributed by atoms with E-state index in [4.69, 9.17) is 4.42 Å². The van der Waals surface area contributed by atoms with Gasteiger partial charge in [-0.05, 0) is 26.0 Å². The quantitative estimate of drug-likeness (QED) is 0.596. The molecule has 0 unspecified atom stereocenters. The Balaban J connectivity index is 2.67. The van der Waals surface area contributed by atoms with E-state index in [1.807, 2.05) is 19.9 Å². The molecule has 0 aromatic carbocycles. The van der Waals surface area contributed by atoms with Gasteiger partial charge < -0.3 is 4.42 Å². The number of aryl methyl sites for hydroxylation is 2. The number of thiophene rings is 2. The Kier molecular flexibility index (Phi) is 1.78. The normalized spacial score (nSPS) is 11.6. The average molecular weight is 236 g/mol. The van der Waals surface area contributed by atoms with Crippen LogP contribution >= 0.6 is 22.7 Å². The zero-order valence-electron chi connectivity index (χ0n) is 8.29. The Hall–Kier alpha value is -1.13. The highest BCUT2D eigenvalue weighted by atomic mass is 32.1. The van der Waals surface area contributed by atoms with Crippen molar-refractivity contribution in [3.05, 3.63) is 32.3 Å². The summed E-state index contributed by atoms with van der Waals surface area (Å²) >= 11 is 3.19. The summed E-state index contributed by atoms with van der Waals surface area (Å²) in [5.74, 6) is 0. The van der Waals surface area contributed by atoms with Crippen molar-refractivity contribution in [1.29, 1.82) is 0 Å².